The lowest BCUT2D eigenvalue weighted by molar-refractivity contribution is -0.134. The van der Waals surface area contributed by atoms with E-state index in [0.717, 1.165) is 0 Å². The summed E-state index contributed by atoms with van der Waals surface area (Å²) in [4.78, 5) is 57.3. The number of nitrogens with zero attached hydrogens (tertiary/aromatic N) is 1. The highest BCUT2D eigenvalue weighted by atomic mass is 16.5. The van der Waals surface area contributed by atoms with Gasteiger partial charge in [0.15, 0.2) is 28.6 Å². The molecule has 0 radical (unpaired) electrons. The average molecular weight is 507 g/mol. The minimum atomic E-state index is -1.70. The Labute approximate surface area is 211 Å². The molecule has 11 nitrogen and oxygen atoms in total. The van der Waals surface area contributed by atoms with Gasteiger partial charge in [-0.25, -0.2) is 0 Å². The van der Waals surface area contributed by atoms with Crippen LogP contribution in [0.2, 0.25) is 0 Å². The largest absolute Gasteiger partial charge is 0.493 e. The van der Waals surface area contributed by atoms with Gasteiger partial charge in [-0.2, -0.15) is 0 Å². The maximum absolute atomic E-state index is 13.7. The van der Waals surface area contributed by atoms with E-state index in [2.05, 4.69) is 10.3 Å². The van der Waals surface area contributed by atoms with Crippen molar-refractivity contribution < 1.29 is 38.5 Å². The lowest BCUT2D eigenvalue weighted by atomic mass is 9.79. The van der Waals surface area contributed by atoms with Crippen molar-refractivity contribution in [3.05, 3.63) is 40.9 Å². The third-order valence-corrected chi connectivity index (χ3v) is 8.12. The van der Waals surface area contributed by atoms with Crippen molar-refractivity contribution in [2.24, 2.45) is 11.3 Å². The molecule has 2 aliphatic heterocycles. The van der Waals surface area contributed by atoms with E-state index in [9.17, 15) is 24.3 Å². The molecule has 2 aromatic rings. The van der Waals surface area contributed by atoms with E-state index in [-0.39, 0.29) is 28.8 Å². The van der Waals surface area contributed by atoms with E-state index < -0.39 is 34.9 Å². The van der Waals surface area contributed by atoms with Crippen molar-refractivity contribution in [1.29, 1.82) is 0 Å². The molecule has 3 atom stereocenters. The Morgan fingerprint density at radius 2 is 1.86 bits per heavy atom. The standard InChI is InChI=1S/C26H25N3O8/c1-25(17(32)10-30)23(33)18-20(28-25)14(31)7-16-26(18)8-12(26)9-29(16)24(34)13-5-11-6-15(35-2)21(36-3)22(37-4)19(11)27-13/h5-7,12,27-28,30H,8-10H2,1-4H3/t12-,25?,26+/m1/s1. The number of aliphatic hydroxyl groups excluding tert-OH is 1. The molecule has 0 bridgehead atoms. The molecule has 6 rings (SSSR count). The Morgan fingerprint density at radius 3 is 2.51 bits per heavy atom. The quantitative estimate of drug-likeness (QED) is 0.485. The van der Waals surface area contributed by atoms with Gasteiger partial charge in [-0.1, -0.05) is 0 Å². The van der Waals surface area contributed by atoms with Crippen LogP contribution in [0.1, 0.15) is 23.8 Å². The van der Waals surface area contributed by atoms with Gasteiger partial charge in [-0.05, 0) is 31.4 Å². The van der Waals surface area contributed by atoms with Crippen molar-refractivity contribution in [3.8, 4) is 17.2 Å². The SMILES string of the molecule is COc1cc2cc(C(=O)N3C[C@H]4C[C@@]45C3=CC(=O)C3=C5C(=O)C(C)(C(=O)CO)N3)[nH]c2c(OC)c1OC. The predicted octanol–water partition coefficient (Wildman–Crippen LogP) is 0.869. The number of carbonyl (C=O) groups excluding carboxylic acids is 4. The second-order valence-corrected chi connectivity index (χ2v) is 9.88. The molecule has 2 aliphatic carbocycles. The van der Waals surface area contributed by atoms with Gasteiger partial charge in [0.1, 0.15) is 12.3 Å². The normalized spacial score (nSPS) is 27.4. The molecule has 37 heavy (non-hydrogen) atoms. The zero-order chi connectivity index (χ0) is 26.4. The molecule has 3 heterocycles. The van der Waals surface area contributed by atoms with Crippen molar-refractivity contribution in [2.75, 3.05) is 34.5 Å². The van der Waals surface area contributed by atoms with Crippen LogP contribution < -0.4 is 19.5 Å². The minimum absolute atomic E-state index is 0.0581. The summed E-state index contributed by atoms with van der Waals surface area (Å²) in [7, 11) is 4.49. The average Bonchev–Trinajstić information content (AvgIpc) is 3.15. The van der Waals surface area contributed by atoms with Crippen molar-refractivity contribution >= 4 is 34.2 Å². The van der Waals surface area contributed by atoms with Gasteiger partial charge in [0.2, 0.25) is 11.5 Å². The number of rotatable bonds is 6. The molecular formula is C26H25N3O8. The number of ketones is 3. The van der Waals surface area contributed by atoms with E-state index in [4.69, 9.17) is 14.2 Å². The van der Waals surface area contributed by atoms with Crippen LogP contribution in [-0.2, 0) is 14.4 Å². The minimum Gasteiger partial charge on any atom is -0.493 e. The molecule has 192 valence electrons. The van der Waals surface area contributed by atoms with Crippen LogP contribution in [0.4, 0.5) is 0 Å². The Hall–Kier alpha value is -4.12. The summed E-state index contributed by atoms with van der Waals surface area (Å²) in [6.45, 7) is 0.877. The highest BCUT2D eigenvalue weighted by Crippen LogP contribution is 2.70. The number of Topliss-reactive ketones (excluding diaryl/α,β-unsaturated/α-hetero) is 2. The Balaban J connectivity index is 1.38. The molecule has 3 N–H and O–H groups in total. The summed E-state index contributed by atoms with van der Waals surface area (Å²) in [5.74, 6) is -0.918. The summed E-state index contributed by atoms with van der Waals surface area (Å²) in [6, 6.07) is 3.41. The zero-order valence-corrected chi connectivity index (χ0v) is 20.7. The number of aromatic nitrogens is 1. The first-order valence-electron chi connectivity index (χ1n) is 11.8. The van der Waals surface area contributed by atoms with E-state index >= 15 is 0 Å². The smallest absolute Gasteiger partial charge is 0.274 e. The summed E-state index contributed by atoms with van der Waals surface area (Å²) in [6.07, 6.45) is 1.98. The van der Waals surface area contributed by atoms with Crippen molar-refractivity contribution in [1.82, 2.24) is 15.2 Å². The number of hydrogen-bond acceptors (Lipinski definition) is 9. The highest BCUT2D eigenvalue weighted by molar-refractivity contribution is 6.27. The van der Waals surface area contributed by atoms with Gasteiger partial charge < -0.3 is 34.5 Å². The monoisotopic (exact) mass is 507 g/mol. The molecule has 1 aromatic heterocycles. The fraction of sp³-hybridized carbons (Fsp3) is 0.385. The topological polar surface area (TPSA) is 147 Å². The lowest BCUT2D eigenvalue weighted by Gasteiger charge is -2.28. The number of fused-ring (bicyclic) bond motifs is 1. The van der Waals surface area contributed by atoms with Crippen LogP contribution in [0.5, 0.6) is 17.2 Å². The number of benzene rings is 1. The van der Waals surface area contributed by atoms with Gasteiger partial charge in [-0.3, -0.25) is 19.2 Å². The fourth-order valence-corrected chi connectivity index (χ4v) is 6.16. The van der Waals surface area contributed by atoms with Gasteiger partial charge in [0, 0.05) is 34.7 Å². The summed E-state index contributed by atoms with van der Waals surface area (Å²) in [5.41, 5.74) is -0.894. The number of hydrogen-bond donors (Lipinski definition) is 3. The van der Waals surface area contributed by atoms with Crippen LogP contribution in [-0.4, -0.2) is 78.3 Å². The van der Waals surface area contributed by atoms with Crippen LogP contribution in [0.25, 0.3) is 10.9 Å². The molecule has 2 fully saturated rings. The molecule has 1 amide bonds. The van der Waals surface area contributed by atoms with Crippen LogP contribution in [0.15, 0.2) is 35.2 Å². The molecule has 1 unspecified atom stereocenters. The molecule has 4 aliphatic rings. The van der Waals surface area contributed by atoms with E-state index in [0.29, 0.717) is 46.8 Å². The zero-order valence-electron chi connectivity index (χ0n) is 20.7. The first kappa shape index (κ1) is 23.3. The van der Waals surface area contributed by atoms with E-state index in [1.807, 2.05) is 0 Å². The number of ether oxygens (including phenoxy) is 3. The van der Waals surface area contributed by atoms with Gasteiger partial charge >= 0.3 is 0 Å². The van der Waals surface area contributed by atoms with Crippen LogP contribution >= 0.6 is 0 Å². The van der Waals surface area contributed by atoms with E-state index in [1.54, 1.807) is 12.1 Å². The van der Waals surface area contributed by atoms with Crippen molar-refractivity contribution in [3.63, 3.8) is 0 Å². The van der Waals surface area contributed by atoms with Crippen LogP contribution in [0.3, 0.4) is 0 Å². The molecule has 1 aromatic carbocycles. The third-order valence-electron chi connectivity index (χ3n) is 8.12. The molecular weight excluding hydrogens is 482 g/mol. The number of allylic oxidation sites excluding steroid dienone is 2. The molecule has 1 saturated carbocycles. The molecule has 1 saturated heterocycles. The summed E-state index contributed by atoms with van der Waals surface area (Å²) >= 11 is 0. The van der Waals surface area contributed by atoms with E-state index in [1.165, 1.54) is 39.2 Å². The number of carbonyl (C=O) groups is 4. The van der Waals surface area contributed by atoms with Gasteiger partial charge in [0.05, 0.1) is 32.5 Å². The first-order valence-corrected chi connectivity index (χ1v) is 11.8. The number of likely N-dealkylation sites (tertiary alicyclic amines) is 1. The molecule has 11 heteroatoms. The van der Waals surface area contributed by atoms with Gasteiger partial charge in [-0.15, -0.1) is 0 Å². The maximum Gasteiger partial charge on any atom is 0.274 e. The second-order valence-electron chi connectivity index (χ2n) is 9.88. The van der Waals surface area contributed by atoms with Crippen molar-refractivity contribution in [2.45, 2.75) is 18.9 Å². The number of methoxy groups -OCH3 is 3. The second kappa shape index (κ2) is 7.45. The third kappa shape index (κ3) is 2.74. The highest BCUT2D eigenvalue weighted by Gasteiger charge is 2.72. The number of nitrogens with one attached hydrogen (secondary N) is 2. The summed E-state index contributed by atoms with van der Waals surface area (Å²) in [5, 5.41) is 12.9. The number of aliphatic hydroxyl groups is 1. The predicted molar refractivity (Wildman–Crippen MR) is 128 cm³/mol. The fourth-order valence-electron chi connectivity index (χ4n) is 6.16. The van der Waals surface area contributed by atoms with Gasteiger partial charge in [0.25, 0.3) is 5.91 Å². The maximum atomic E-state index is 13.7. The Morgan fingerprint density at radius 1 is 1.14 bits per heavy atom. The first-order chi connectivity index (χ1) is 17.7. The Kier molecular flexibility index (Phi) is 4.69. The van der Waals surface area contributed by atoms with Crippen LogP contribution in [0, 0.1) is 11.3 Å². The number of piperidine rings is 1. The lowest BCUT2D eigenvalue weighted by Crippen LogP contribution is -2.53. The Bertz CT molecular complexity index is 1520. The number of H-pyrrole nitrogens is 1. The number of amides is 1. The summed E-state index contributed by atoms with van der Waals surface area (Å²) < 4.78 is 16.4. The number of aromatic amines is 1. The molecule has 1 spiro atoms.